The van der Waals surface area contributed by atoms with Crippen molar-refractivity contribution in [2.45, 2.75) is 12.8 Å². The molecule has 0 aliphatic carbocycles. The molecule has 2 N–H and O–H groups in total. The summed E-state index contributed by atoms with van der Waals surface area (Å²) < 4.78 is 0. The summed E-state index contributed by atoms with van der Waals surface area (Å²) in [5, 5.41) is 11.1. The van der Waals surface area contributed by atoms with Gasteiger partial charge in [-0.1, -0.05) is 42.5 Å². The lowest BCUT2D eigenvalue weighted by Gasteiger charge is -2.07. The molecule has 0 saturated heterocycles. The zero-order valence-corrected chi connectivity index (χ0v) is 12.7. The minimum absolute atomic E-state index is 0.00606. The third-order valence-electron chi connectivity index (χ3n) is 3.12. The van der Waals surface area contributed by atoms with E-state index in [1.165, 1.54) is 11.8 Å². The van der Waals surface area contributed by atoms with E-state index in [2.05, 4.69) is 5.32 Å². The van der Waals surface area contributed by atoms with E-state index in [9.17, 15) is 4.79 Å². The number of aryl methyl sites for hydroxylation is 1. The first-order chi connectivity index (χ1) is 10.2. The fourth-order valence-corrected chi connectivity index (χ4v) is 2.32. The number of thioether (sulfide) groups is 1. The molecule has 0 bridgehead atoms. The second-order valence-electron chi connectivity index (χ2n) is 4.64. The maximum absolute atomic E-state index is 11.9. The standard InChI is InChI=1S/C17H18N2OS/c1-21-17(18)14-8-10-15(11-9-14)19-16(20)12-7-13-5-3-2-4-6-13/h2-6,8-11,18H,7,12H2,1H3,(H,19,20). The molecule has 3 nitrogen and oxygen atoms in total. The van der Waals surface area contributed by atoms with E-state index in [0.717, 1.165) is 23.2 Å². The SMILES string of the molecule is CSC(=N)c1ccc(NC(=O)CCc2ccccc2)cc1. The van der Waals surface area contributed by atoms with E-state index >= 15 is 0 Å². The van der Waals surface area contributed by atoms with Crippen molar-refractivity contribution in [3.8, 4) is 0 Å². The van der Waals surface area contributed by atoms with Gasteiger partial charge in [0.1, 0.15) is 0 Å². The number of rotatable bonds is 5. The first kappa shape index (κ1) is 15.3. The van der Waals surface area contributed by atoms with Crippen LogP contribution in [0.25, 0.3) is 0 Å². The van der Waals surface area contributed by atoms with Gasteiger partial charge >= 0.3 is 0 Å². The summed E-state index contributed by atoms with van der Waals surface area (Å²) in [5.74, 6) is 0.00606. The van der Waals surface area contributed by atoms with Gasteiger partial charge in [0.25, 0.3) is 0 Å². The van der Waals surface area contributed by atoms with E-state index in [4.69, 9.17) is 5.41 Å². The minimum atomic E-state index is 0.00606. The molecule has 0 unspecified atom stereocenters. The Bertz CT molecular complexity index is 608. The minimum Gasteiger partial charge on any atom is -0.326 e. The summed E-state index contributed by atoms with van der Waals surface area (Å²) in [7, 11) is 0. The lowest BCUT2D eigenvalue weighted by Crippen LogP contribution is -2.12. The van der Waals surface area contributed by atoms with Crippen LogP contribution < -0.4 is 5.32 Å². The van der Waals surface area contributed by atoms with Gasteiger partial charge in [-0.25, -0.2) is 0 Å². The Kier molecular flexibility index (Phi) is 5.58. The molecule has 0 aliphatic rings. The summed E-state index contributed by atoms with van der Waals surface area (Å²) in [6, 6.07) is 17.3. The smallest absolute Gasteiger partial charge is 0.224 e. The lowest BCUT2D eigenvalue weighted by molar-refractivity contribution is -0.116. The van der Waals surface area contributed by atoms with Crippen LogP contribution in [0, 0.1) is 5.41 Å². The number of anilines is 1. The van der Waals surface area contributed by atoms with E-state index in [0.29, 0.717) is 11.5 Å². The number of carbonyl (C=O) groups excluding carboxylic acids is 1. The van der Waals surface area contributed by atoms with Gasteiger partial charge in [0.05, 0.1) is 5.04 Å². The van der Waals surface area contributed by atoms with E-state index in [-0.39, 0.29) is 5.91 Å². The normalized spacial score (nSPS) is 10.1. The Balaban J connectivity index is 1.86. The van der Waals surface area contributed by atoms with Crippen molar-refractivity contribution < 1.29 is 4.79 Å². The number of amides is 1. The average molecular weight is 298 g/mol. The molecule has 4 heteroatoms. The predicted octanol–water partition coefficient (Wildman–Crippen LogP) is 3.95. The molecule has 0 aliphatic heterocycles. The summed E-state index contributed by atoms with van der Waals surface area (Å²) in [6.07, 6.45) is 3.08. The number of benzene rings is 2. The van der Waals surface area contributed by atoms with Gasteiger partial charge in [-0.05, 0) is 30.4 Å². The Morgan fingerprint density at radius 2 is 1.76 bits per heavy atom. The van der Waals surface area contributed by atoms with Crippen LogP contribution in [0.3, 0.4) is 0 Å². The van der Waals surface area contributed by atoms with Crippen LogP contribution >= 0.6 is 11.8 Å². The van der Waals surface area contributed by atoms with Gasteiger partial charge in [-0.15, -0.1) is 11.8 Å². The van der Waals surface area contributed by atoms with Crippen LogP contribution in [0.2, 0.25) is 0 Å². The molecule has 108 valence electrons. The quantitative estimate of drug-likeness (QED) is 0.649. The highest BCUT2D eigenvalue weighted by molar-refractivity contribution is 8.13. The van der Waals surface area contributed by atoms with E-state index < -0.39 is 0 Å². The van der Waals surface area contributed by atoms with Crippen molar-refractivity contribution in [2.75, 3.05) is 11.6 Å². The zero-order valence-electron chi connectivity index (χ0n) is 11.9. The topological polar surface area (TPSA) is 53.0 Å². The van der Waals surface area contributed by atoms with Crippen LogP contribution in [0.15, 0.2) is 54.6 Å². The Morgan fingerprint density at radius 1 is 1.10 bits per heavy atom. The number of nitrogens with one attached hydrogen (secondary N) is 2. The predicted molar refractivity (Wildman–Crippen MR) is 90.2 cm³/mol. The molecule has 0 atom stereocenters. The molecular formula is C17H18N2OS. The van der Waals surface area contributed by atoms with Crippen LogP contribution in [-0.2, 0) is 11.2 Å². The van der Waals surface area contributed by atoms with Crippen molar-refractivity contribution in [2.24, 2.45) is 0 Å². The first-order valence-corrected chi connectivity index (χ1v) is 7.98. The summed E-state index contributed by atoms with van der Waals surface area (Å²) in [4.78, 5) is 11.9. The van der Waals surface area contributed by atoms with E-state index in [1.807, 2.05) is 60.9 Å². The molecule has 0 heterocycles. The Hall–Kier alpha value is -2.07. The molecule has 2 aromatic carbocycles. The third-order valence-corrected chi connectivity index (χ3v) is 3.76. The van der Waals surface area contributed by atoms with Crippen molar-refractivity contribution in [3.05, 3.63) is 65.7 Å². The molecule has 21 heavy (non-hydrogen) atoms. The third kappa shape index (κ3) is 4.76. The Labute approximate surface area is 129 Å². The zero-order chi connectivity index (χ0) is 15.1. The van der Waals surface area contributed by atoms with Gasteiger partial charge in [0.2, 0.25) is 5.91 Å². The number of hydrogen-bond donors (Lipinski definition) is 2. The molecule has 0 saturated carbocycles. The monoisotopic (exact) mass is 298 g/mol. The lowest BCUT2D eigenvalue weighted by atomic mass is 10.1. The van der Waals surface area contributed by atoms with Crippen molar-refractivity contribution in [3.63, 3.8) is 0 Å². The number of carbonyl (C=O) groups is 1. The van der Waals surface area contributed by atoms with Crippen molar-refractivity contribution >= 4 is 28.4 Å². The fraction of sp³-hybridized carbons (Fsp3) is 0.176. The highest BCUT2D eigenvalue weighted by atomic mass is 32.2. The molecule has 2 aromatic rings. The maximum Gasteiger partial charge on any atom is 0.224 e. The molecule has 0 spiro atoms. The summed E-state index contributed by atoms with van der Waals surface area (Å²) in [6.45, 7) is 0. The molecule has 0 radical (unpaired) electrons. The maximum atomic E-state index is 11.9. The number of hydrogen-bond acceptors (Lipinski definition) is 3. The average Bonchev–Trinajstić information content (AvgIpc) is 2.54. The second-order valence-corrected chi connectivity index (χ2v) is 5.46. The van der Waals surface area contributed by atoms with E-state index in [1.54, 1.807) is 0 Å². The van der Waals surface area contributed by atoms with Gasteiger partial charge in [0.15, 0.2) is 0 Å². The summed E-state index contributed by atoms with van der Waals surface area (Å²) in [5.41, 5.74) is 2.80. The molecule has 1 amide bonds. The van der Waals surface area contributed by atoms with Gasteiger partial charge in [-0.2, -0.15) is 0 Å². The highest BCUT2D eigenvalue weighted by Gasteiger charge is 2.04. The van der Waals surface area contributed by atoms with Crippen molar-refractivity contribution in [1.29, 1.82) is 5.41 Å². The van der Waals surface area contributed by atoms with Crippen LogP contribution in [0.4, 0.5) is 5.69 Å². The fourth-order valence-electron chi connectivity index (χ4n) is 1.95. The molecule has 0 aromatic heterocycles. The van der Waals surface area contributed by atoms with Gasteiger partial charge in [0, 0.05) is 17.7 Å². The first-order valence-electron chi connectivity index (χ1n) is 6.76. The molecule has 2 rings (SSSR count). The molecule has 0 fully saturated rings. The second kappa shape index (κ2) is 7.64. The van der Waals surface area contributed by atoms with Crippen molar-refractivity contribution in [1.82, 2.24) is 0 Å². The Morgan fingerprint density at radius 3 is 2.38 bits per heavy atom. The van der Waals surface area contributed by atoms with Crippen LogP contribution in [0.5, 0.6) is 0 Å². The largest absolute Gasteiger partial charge is 0.326 e. The van der Waals surface area contributed by atoms with Crippen LogP contribution in [-0.4, -0.2) is 17.2 Å². The highest BCUT2D eigenvalue weighted by Crippen LogP contribution is 2.14. The van der Waals surface area contributed by atoms with Crippen LogP contribution in [0.1, 0.15) is 17.5 Å². The summed E-state index contributed by atoms with van der Waals surface area (Å²) >= 11 is 1.40. The van der Waals surface area contributed by atoms with Gasteiger partial charge < -0.3 is 5.32 Å². The molecular weight excluding hydrogens is 280 g/mol. The van der Waals surface area contributed by atoms with Gasteiger partial charge in [-0.3, -0.25) is 10.2 Å².